The van der Waals surface area contributed by atoms with Crippen molar-refractivity contribution in [3.63, 3.8) is 0 Å². The maximum absolute atomic E-state index is 13.1. The average molecular weight is 420 g/mol. The summed E-state index contributed by atoms with van der Waals surface area (Å²) in [6, 6.07) is 13.6. The van der Waals surface area contributed by atoms with E-state index in [0.717, 1.165) is 30.6 Å². The number of unbranched alkanes of at least 4 members (excludes halogenated alkanes) is 1. The molecule has 154 valence electrons. The number of carbonyl (C=O) groups excluding carboxylic acids is 2. The van der Waals surface area contributed by atoms with Gasteiger partial charge < -0.3 is 4.90 Å². The molecule has 0 atom stereocenters. The third kappa shape index (κ3) is 3.87. The maximum Gasteiger partial charge on any atom is 0.270 e. The smallest absolute Gasteiger partial charge is 0.270 e. The van der Waals surface area contributed by atoms with Crippen LogP contribution in [0.3, 0.4) is 0 Å². The van der Waals surface area contributed by atoms with Crippen molar-refractivity contribution in [3.05, 3.63) is 64.7 Å². The van der Waals surface area contributed by atoms with Gasteiger partial charge in [0.25, 0.3) is 11.8 Å². The molecule has 2 amide bonds. The zero-order valence-electron chi connectivity index (χ0n) is 17.3. The van der Waals surface area contributed by atoms with Crippen molar-refractivity contribution in [2.24, 2.45) is 0 Å². The van der Waals surface area contributed by atoms with Gasteiger partial charge in [0, 0.05) is 18.8 Å². The van der Waals surface area contributed by atoms with Gasteiger partial charge in [-0.25, -0.2) is 0 Å². The minimum absolute atomic E-state index is 0.0879. The highest BCUT2D eigenvalue weighted by Crippen LogP contribution is 2.30. The number of hydrogen-bond donors (Lipinski definition) is 1. The third-order valence-electron chi connectivity index (χ3n) is 5.58. The number of hydrogen-bond acceptors (Lipinski definition) is 4. The SMILES string of the molecule is CCCCN1CCc2cc(C=C3C(=O)NC(=S)N(c4ccc(C)cc4)C3=O)ccc21. The Morgan fingerprint density at radius 1 is 1.13 bits per heavy atom. The fourth-order valence-corrected chi connectivity index (χ4v) is 4.19. The molecule has 4 rings (SSSR count). The number of fused-ring (bicyclic) bond motifs is 1. The number of aryl methyl sites for hydroxylation is 1. The summed E-state index contributed by atoms with van der Waals surface area (Å²) in [6.45, 7) is 6.26. The van der Waals surface area contributed by atoms with Gasteiger partial charge in [0.2, 0.25) is 0 Å². The van der Waals surface area contributed by atoms with Gasteiger partial charge in [0.1, 0.15) is 5.57 Å². The lowest BCUT2D eigenvalue weighted by Gasteiger charge is -2.29. The molecule has 30 heavy (non-hydrogen) atoms. The molecule has 0 aromatic heterocycles. The zero-order chi connectivity index (χ0) is 21.3. The summed E-state index contributed by atoms with van der Waals surface area (Å²) < 4.78 is 0. The second-order valence-electron chi connectivity index (χ2n) is 7.77. The Morgan fingerprint density at radius 3 is 2.63 bits per heavy atom. The number of benzene rings is 2. The summed E-state index contributed by atoms with van der Waals surface area (Å²) in [5, 5.41) is 2.75. The van der Waals surface area contributed by atoms with Crippen molar-refractivity contribution in [2.75, 3.05) is 22.9 Å². The first-order valence-corrected chi connectivity index (χ1v) is 10.7. The molecular weight excluding hydrogens is 394 g/mol. The van der Waals surface area contributed by atoms with Crippen LogP contribution < -0.4 is 15.1 Å². The Hall–Kier alpha value is -2.99. The van der Waals surface area contributed by atoms with Crippen LogP contribution in [-0.4, -0.2) is 30.0 Å². The normalized spacial score (nSPS) is 17.5. The van der Waals surface area contributed by atoms with E-state index < -0.39 is 11.8 Å². The molecule has 1 N–H and O–H groups in total. The molecule has 6 heteroatoms. The molecule has 1 saturated heterocycles. The molecule has 2 aliphatic rings. The van der Waals surface area contributed by atoms with Crippen LogP contribution in [0.4, 0.5) is 11.4 Å². The zero-order valence-corrected chi connectivity index (χ0v) is 18.1. The number of anilines is 2. The minimum atomic E-state index is -0.460. The summed E-state index contributed by atoms with van der Waals surface area (Å²) in [5.41, 5.74) is 5.18. The van der Waals surface area contributed by atoms with Crippen molar-refractivity contribution in [3.8, 4) is 0 Å². The highest BCUT2D eigenvalue weighted by Gasteiger charge is 2.34. The van der Waals surface area contributed by atoms with E-state index in [2.05, 4.69) is 29.3 Å². The molecule has 0 spiro atoms. The largest absolute Gasteiger partial charge is 0.371 e. The van der Waals surface area contributed by atoms with Crippen LogP contribution in [0.15, 0.2) is 48.0 Å². The minimum Gasteiger partial charge on any atom is -0.371 e. The van der Waals surface area contributed by atoms with Crippen LogP contribution in [-0.2, 0) is 16.0 Å². The number of amides is 2. The standard InChI is InChI=1S/C24H25N3O2S/c1-3-4-12-26-13-11-18-14-17(7-10-21(18)26)15-20-22(28)25-24(30)27(23(20)29)19-8-5-16(2)6-9-19/h5-10,14-15H,3-4,11-13H2,1-2H3,(H,25,28,30). The first kappa shape index (κ1) is 20.3. The Labute approximate surface area is 182 Å². The number of nitrogens with one attached hydrogen (secondary N) is 1. The Morgan fingerprint density at radius 2 is 1.90 bits per heavy atom. The molecule has 2 aromatic carbocycles. The van der Waals surface area contributed by atoms with Gasteiger partial charge in [0.05, 0.1) is 5.69 Å². The molecule has 0 aliphatic carbocycles. The first-order chi connectivity index (χ1) is 14.5. The average Bonchev–Trinajstić information content (AvgIpc) is 3.13. The summed E-state index contributed by atoms with van der Waals surface area (Å²) in [4.78, 5) is 29.5. The third-order valence-corrected chi connectivity index (χ3v) is 5.87. The van der Waals surface area contributed by atoms with Gasteiger partial charge in [-0.3, -0.25) is 19.8 Å². The van der Waals surface area contributed by atoms with Gasteiger partial charge >= 0.3 is 0 Å². The molecule has 2 aliphatic heterocycles. The highest BCUT2D eigenvalue weighted by molar-refractivity contribution is 7.80. The molecule has 0 radical (unpaired) electrons. The summed E-state index contributed by atoms with van der Waals surface area (Å²) in [5.74, 6) is -0.865. The van der Waals surface area contributed by atoms with Crippen molar-refractivity contribution in [2.45, 2.75) is 33.1 Å². The van der Waals surface area contributed by atoms with Crippen LogP contribution in [0, 0.1) is 6.92 Å². The van der Waals surface area contributed by atoms with Crippen molar-refractivity contribution in [1.29, 1.82) is 0 Å². The van der Waals surface area contributed by atoms with Crippen LogP contribution in [0.25, 0.3) is 6.08 Å². The van der Waals surface area contributed by atoms with Crippen LogP contribution in [0.5, 0.6) is 0 Å². The van der Waals surface area contributed by atoms with Crippen molar-refractivity contribution >= 4 is 46.6 Å². The topological polar surface area (TPSA) is 52.7 Å². The molecule has 5 nitrogen and oxygen atoms in total. The molecule has 0 unspecified atom stereocenters. The predicted octanol–water partition coefficient (Wildman–Crippen LogP) is 3.99. The van der Waals surface area contributed by atoms with E-state index in [1.54, 1.807) is 6.08 Å². The van der Waals surface area contributed by atoms with E-state index in [1.165, 1.54) is 29.0 Å². The fourth-order valence-electron chi connectivity index (χ4n) is 3.91. The second-order valence-corrected chi connectivity index (χ2v) is 8.16. The van der Waals surface area contributed by atoms with E-state index in [-0.39, 0.29) is 10.7 Å². The number of carbonyl (C=O) groups is 2. The van der Waals surface area contributed by atoms with Crippen LogP contribution in [0.2, 0.25) is 0 Å². The van der Waals surface area contributed by atoms with E-state index in [9.17, 15) is 9.59 Å². The van der Waals surface area contributed by atoms with Gasteiger partial charge in [-0.1, -0.05) is 37.1 Å². The van der Waals surface area contributed by atoms with Crippen LogP contribution in [0.1, 0.15) is 36.5 Å². The van der Waals surface area contributed by atoms with E-state index in [1.807, 2.05) is 37.3 Å². The van der Waals surface area contributed by atoms with Gasteiger partial charge in [-0.05, 0) is 73.5 Å². The molecule has 0 saturated carbocycles. The lowest BCUT2D eigenvalue weighted by atomic mass is 10.0. The molecule has 1 fully saturated rings. The predicted molar refractivity (Wildman–Crippen MR) is 125 cm³/mol. The quantitative estimate of drug-likeness (QED) is 0.452. The Bertz CT molecular complexity index is 1040. The molecule has 0 bridgehead atoms. The number of rotatable bonds is 5. The molecular formula is C24H25N3O2S. The Balaban J connectivity index is 1.62. The lowest BCUT2D eigenvalue weighted by Crippen LogP contribution is -2.54. The van der Waals surface area contributed by atoms with Gasteiger partial charge in [-0.2, -0.15) is 0 Å². The van der Waals surface area contributed by atoms with Crippen molar-refractivity contribution < 1.29 is 9.59 Å². The van der Waals surface area contributed by atoms with Gasteiger partial charge in [-0.15, -0.1) is 0 Å². The summed E-state index contributed by atoms with van der Waals surface area (Å²) in [7, 11) is 0. The Kier molecular flexibility index (Phi) is 5.68. The summed E-state index contributed by atoms with van der Waals surface area (Å²) in [6.07, 6.45) is 4.99. The first-order valence-electron chi connectivity index (χ1n) is 10.3. The monoisotopic (exact) mass is 419 g/mol. The molecule has 2 aromatic rings. The summed E-state index contributed by atoms with van der Waals surface area (Å²) >= 11 is 5.27. The van der Waals surface area contributed by atoms with E-state index in [0.29, 0.717) is 5.69 Å². The number of thiocarbonyl (C=S) groups is 1. The maximum atomic E-state index is 13.1. The number of nitrogens with zero attached hydrogens (tertiary/aromatic N) is 2. The van der Waals surface area contributed by atoms with Crippen molar-refractivity contribution in [1.82, 2.24) is 5.32 Å². The highest BCUT2D eigenvalue weighted by atomic mass is 32.1. The fraction of sp³-hybridized carbons (Fsp3) is 0.292. The molecule has 2 heterocycles. The lowest BCUT2D eigenvalue weighted by molar-refractivity contribution is -0.122. The van der Waals surface area contributed by atoms with E-state index >= 15 is 0 Å². The van der Waals surface area contributed by atoms with Crippen LogP contribution >= 0.6 is 12.2 Å². The second kappa shape index (κ2) is 8.40. The van der Waals surface area contributed by atoms with E-state index in [4.69, 9.17) is 12.2 Å². The van der Waals surface area contributed by atoms with Gasteiger partial charge in [0.15, 0.2) is 5.11 Å².